The molecule has 0 spiro atoms. The van der Waals surface area contributed by atoms with E-state index in [-0.39, 0.29) is 0 Å². The van der Waals surface area contributed by atoms with Crippen LogP contribution < -0.4 is 0 Å². The molecule has 3 heterocycles. The van der Waals surface area contributed by atoms with E-state index in [4.69, 9.17) is 4.42 Å². The maximum atomic E-state index is 5.95. The van der Waals surface area contributed by atoms with Crippen LogP contribution in [-0.2, 0) is 0 Å². The van der Waals surface area contributed by atoms with E-state index in [0.29, 0.717) is 0 Å². The number of hydrogen-bond acceptors (Lipinski definition) is 2. The fraction of sp³-hybridized carbons (Fsp3) is 0. The molecule has 3 heteroatoms. The Kier molecular flexibility index (Phi) is 5.50. The minimum Gasteiger partial charge on any atom is -0.454 e. The van der Waals surface area contributed by atoms with Crippen LogP contribution in [0.4, 0.5) is 0 Å². The zero-order chi connectivity index (χ0) is 29.0. The molecule has 0 atom stereocenters. The summed E-state index contributed by atoms with van der Waals surface area (Å²) in [6, 6.07) is 53.9. The molecular weight excluding hydrogens is 536 g/mol. The molecule has 3 aromatic heterocycles. The average molecular weight is 563 g/mol. The molecule has 206 valence electrons. The molecule has 6 aromatic carbocycles. The van der Waals surface area contributed by atoms with Crippen LogP contribution in [0.1, 0.15) is 0 Å². The van der Waals surface area contributed by atoms with Gasteiger partial charge in [0.25, 0.3) is 0 Å². The Morgan fingerprint density at radius 1 is 0.409 bits per heavy atom. The number of nitrogens with zero attached hydrogens (tertiary/aromatic N) is 2. The molecule has 0 saturated carbocycles. The lowest BCUT2D eigenvalue weighted by Gasteiger charge is -2.10. The maximum absolute atomic E-state index is 5.95. The number of rotatable bonds is 4. The predicted molar refractivity (Wildman–Crippen MR) is 182 cm³/mol. The van der Waals surface area contributed by atoms with E-state index in [1.165, 1.54) is 55.3 Å². The summed E-state index contributed by atoms with van der Waals surface area (Å²) in [6.45, 7) is 0. The van der Waals surface area contributed by atoms with Crippen LogP contribution in [-0.4, -0.2) is 9.55 Å². The van der Waals surface area contributed by atoms with Crippen molar-refractivity contribution in [2.24, 2.45) is 0 Å². The normalized spacial score (nSPS) is 11.6. The van der Waals surface area contributed by atoms with Crippen molar-refractivity contribution in [3.63, 3.8) is 0 Å². The SMILES string of the molecule is c1cnc2c(c1)oc1ccc(-c3ccc(-c4ccc(-c5ccc(-n6c7ccccc7c7ccccc76)cc5)cc4)cc3)cc12. The molecule has 0 bridgehead atoms. The van der Waals surface area contributed by atoms with Gasteiger partial charge in [-0.3, -0.25) is 4.98 Å². The molecule has 0 aliphatic heterocycles. The van der Waals surface area contributed by atoms with Gasteiger partial charge in [0.15, 0.2) is 5.58 Å². The van der Waals surface area contributed by atoms with Gasteiger partial charge >= 0.3 is 0 Å². The first-order valence-electron chi connectivity index (χ1n) is 14.9. The maximum Gasteiger partial charge on any atom is 0.153 e. The first-order valence-corrected chi connectivity index (χ1v) is 14.9. The first-order chi connectivity index (χ1) is 21.8. The van der Waals surface area contributed by atoms with E-state index in [0.717, 1.165) is 27.6 Å². The van der Waals surface area contributed by atoms with Crippen molar-refractivity contribution >= 4 is 43.9 Å². The Labute approximate surface area is 254 Å². The lowest BCUT2D eigenvalue weighted by atomic mass is 9.97. The average Bonchev–Trinajstić information content (AvgIpc) is 3.64. The molecule has 9 aromatic rings. The van der Waals surface area contributed by atoms with Crippen molar-refractivity contribution in [3.05, 3.63) is 158 Å². The van der Waals surface area contributed by atoms with Crippen molar-refractivity contribution in [2.75, 3.05) is 0 Å². The Hall–Kier alpha value is -5.93. The Morgan fingerprint density at radius 2 is 0.909 bits per heavy atom. The number of aromatic nitrogens is 2. The standard InChI is InChI=1S/C41H26N2O/c1-3-8-37-34(6-1)35-7-2-4-9-38(35)43(37)33-22-19-30(20-23-33)29-13-11-27(12-14-29)28-15-17-31(18-16-28)32-21-24-39-36(26-32)41-40(44-39)10-5-25-42-41/h1-26H. The summed E-state index contributed by atoms with van der Waals surface area (Å²) in [5.74, 6) is 0. The fourth-order valence-electron chi connectivity index (χ4n) is 6.49. The van der Waals surface area contributed by atoms with Crippen molar-refractivity contribution in [2.45, 2.75) is 0 Å². The molecular formula is C41H26N2O. The zero-order valence-corrected chi connectivity index (χ0v) is 23.8. The molecule has 0 N–H and O–H groups in total. The van der Waals surface area contributed by atoms with Crippen LogP contribution >= 0.6 is 0 Å². The Bertz CT molecular complexity index is 2410. The Balaban J connectivity index is 0.986. The summed E-state index contributed by atoms with van der Waals surface area (Å²) in [4.78, 5) is 4.53. The summed E-state index contributed by atoms with van der Waals surface area (Å²) >= 11 is 0. The highest BCUT2D eigenvalue weighted by molar-refractivity contribution is 6.09. The molecule has 0 amide bonds. The van der Waals surface area contributed by atoms with Gasteiger partial charge in [-0.15, -0.1) is 0 Å². The number of para-hydroxylation sites is 2. The lowest BCUT2D eigenvalue weighted by Crippen LogP contribution is -1.93. The van der Waals surface area contributed by atoms with E-state index in [9.17, 15) is 0 Å². The highest BCUT2D eigenvalue weighted by atomic mass is 16.3. The highest BCUT2D eigenvalue weighted by Crippen LogP contribution is 2.34. The molecule has 9 rings (SSSR count). The largest absolute Gasteiger partial charge is 0.454 e. The highest BCUT2D eigenvalue weighted by Gasteiger charge is 2.12. The van der Waals surface area contributed by atoms with Gasteiger partial charge in [-0.1, -0.05) is 103 Å². The van der Waals surface area contributed by atoms with Crippen LogP contribution in [0.25, 0.3) is 82.9 Å². The van der Waals surface area contributed by atoms with Crippen LogP contribution in [0.3, 0.4) is 0 Å². The van der Waals surface area contributed by atoms with Crippen molar-refractivity contribution in [1.29, 1.82) is 0 Å². The summed E-state index contributed by atoms with van der Waals surface area (Å²) in [6.07, 6.45) is 1.81. The summed E-state index contributed by atoms with van der Waals surface area (Å²) in [5.41, 5.74) is 13.3. The molecule has 0 radical (unpaired) electrons. The molecule has 0 aliphatic carbocycles. The molecule has 0 fully saturated rings. The van der Waals surface area contributed by atoms with Crippen LogP contribution in [0.15, 0.2) is 162 Å². The minimum absolute atomic E-state index is 0.817. The van der Waals surface area contributed by atoms with Gasteiger partial charge in [0.1, 0.15) is 11.1 Å². The number of pyridine rings is 1. The fourth-order valence-corrected chi connectivity index (χ4v) is 6.49. The molecule has 44 heavy (non-hydrogen) atoms. The predicted octanol–water partition coefficient (Wildman–Crippen LogP) is 11.1. The molecule has 0 saturated heterocycles. The Morgan fingerprint density at radius 3 is 1.50 bits per heavy atom. The van der Waals surface area contributed by atoms with Gasteiger partial charge < -0.3 is 8.98 Å². The van der Waals surface area contributed by atoms with E-state index in [1.54, 1.807) is 0 Å². The second kappa shape index (κ2) is 9.82. The second-order valence-corrected chi connectivity index (χ2v) is 11.2. The van der Waals surface area contributed by atoms with Gasteiger partial charge in [0.05, 0.1) is 11.0 Å². The van der Waals surface area contributed by atoms with Crippen LogP contribution in [0.2, 0.25) is 0 Å². The second-order valence-electron chi connectivity index (χ2n) is 11.2. The third-order valence-corrected chi connectivity index (χ3v) is 8.70. The number of furan rings is 1. The monoisotopic (exact) mass is 562 g/mol. The summed E-state index contributed by atoms with van der Waals surface area (Å²) in [7, 11) is 0. The quantitative estimate of drug-likeness (QED) is 0.214. The topological polar surface area (TPSA) is 31.0 Å². The summed E-state index contributed by atoms with van der Waals surface area (Å²) in [5, 5.41) is 3.60. The van der Waals surface area contributed by atoms with Gasteiger partial charge in [-0.05, 0) is 81.9 Å². The van der Waals surface area contributed by atoms with Crippen molar-refractivity contribution in [1.82, 2.24) is 9.55 Å². The molecule has 3 nitrogen and oxygen atoms in total. The van der Waals surface area contributed by atoms with Crippen LogP contribution in [0.5, 0.6) is 0 Å². The van der Waals surface area contributed by atoms with Gasteiger partial charge in [0, 0.05) is 28.0 Å². The summed E-state index contributed by atoms with van der Waals surface area (Å²) < 4.78 is 8.31. The lowest BCUT2D eigenvalue weighted by molar-refractivity contribution is 0.668. The third kappa shape index (κ3) is 3.94. The van der Waals surface area contributed by atoms with E-state index in [2.05, 4.69) is 143 Å². The first kappa shape index (κ1) is 24.6. The molecule has 0 aliphatic rings. The number of hydrogen-bond donors (Lipinski definition) is 0. The van der Waals surface area contributed by atoms with Gasteiger partial charge in [0.2, 0.25) is 0 Å². The van der Waals surface area contributed by atoms with Crippen molar-refractivity contribution < 1.29 is 4.42 Å². The number of benzene rings is 6. The minimum atomic E-state index is 0.817. The molecule has 0 unspecified atom stereocenters. The van der Waals surface area contributed by atoms with Crippen molar-refractivity contribution in [3.8, 4) is 39.1 Å². The van der Waals surface area contributed by atoms with Gasteiger partial charge in [-0.2, -0.15) is 0 Å². The zero-order valence-electron chi connectivity index (χ0n) is 23.8. The number of fused-ring (bicyclic) bond motifs is 6. The smallest absolute Gasteiger partial charge is 0.153 e. The van der Waals surface area contributed by atoms with Gasteiger partial charge in [-0.25, -0.2) is 0 Å². The van der Waals surface area contributed by atoms with Crippen LogP contribution in [0, 0.1) is 0 Å². The van der Waals surface area contributed by atoms with E-state index < -0.39 is 0 Å². The third-order valence-electron chi connectivity index (χ3n) is 8.70. The van der Waals surface area contributed by atoms with E-state index >= 15 is 0 Å². The van der Waals surface area contributed by atoms with E-state index in [1.807, 2.05) is 24.4 Å².